The van der Waals surface area contributed by atoms with Crippen molar-refractivity contribution >= 4 is 23.0 Å². The summed E-state index contributed by atoms with van der Waals surface area (Å²) in [5.74, 6) is 0.533. The van der Waals surface area contributed by atoms with E-state index in [1.54, 1.807) is 42.5 Å². The van der Waals surface area contributed by atoms with Crippen molar-refractivity contribution in [3.63, 3.8) is 0 Å². The summed E-state index contributed by atoms with van der Waals surface area (Å²) >= 11 is 0. The first-order chi connectivity index (χ1) is 14.5. The van der Waals surface area contributed by atoms with E-state index in [0.29, 0.717) is 22.4 Å². The standard InChI is InChI=1S/C22H15N3O5/c23-14-19(17-7-11-21(12-8-17)25(28)29)13-18-3-1-2-4-22(18)30-15-16-5-9-20(10-6-16)24(26)27/h1-13H,15H2/b19-13-. The number of benzene rings is 3. The lowest BCUT2D eigenvalue weighted by Crippen LogP contribution is -1.97. The van der Waals surface area contributed by atoms with Gasteiger partial charge in [-0.3, -0.25) is 20.2 Å². The smallest absolute Gasteiger partial charge is 0.269 e. The largest absolute Gasteiger partial charge is 0.488 e. The molecule has 0 unspecified atom stereocenters. The summed E-state index contributed by atoms with van der Waals surface area (Å²) in [6.45, 7) is 0.197. The molecule has 8 heteroatoms. The normalized spacial score (nSPS) is 10.8. The minimum absolute atomic E-state index is 0.00356. The molecule has 0 spiro atoms. The Kier molecular flexibility index (Phi) is 6.15. The molecule has 0 saturated heterocycles. The van der Waals surface area contributed by atoms with Crippen LogP contribution in [0.4, 0.5) is 11.4 Å². The topological polar surface area (TPSA) is 119 Å². The molecule has 3 aromatic carbocycles. The second kappa shape index (κ2) is 9.12. The summed E-state index contributed by atoms with van der Waals surface area (Å²) in [6.07, 6.45) is 1.65. The Hall–Kier alpha value is -4.51. The first kappa shape index (κ1) is 20.2. The van der Waals surface area contributed by atoms with Gasteiger partial charge >= 0.3 is 0 Å². The molecule has 0 saturated carbocycles. The van der Waals surface area contributed by atoms with Crippen LogP contribution < -0.4 is 4.74 Å². The van der Waals surface area contributed by atoms with Gasteiger partial charge < -0.3 is 4.74 Å². The Labute approximate surface area is 171 Å². The maximum Gasteiger partial charge on any atom is 0.269 e. The van der Waals surface area contributed by atoms with Crippen LogP contribution in [-0.2, 0) is 6.61 Å². The van der Waals surface area contributed by atoms with Crippen LogP contribution in [0.2, 0.25) is 0 Å². The minimum Gasteiger partial charge on any atom is -0.488 e. The fraction of sp³-hybridized carbons (Fsp3) is 0.0455. The van der Waals surface area contributed by atoms with Crippen LogP contribution >= 0.6 is 0 Å². The van der Waals surface area contributed by atoms with E-state index in [0.717, 1.165) is 5.56 Å². The number of nitrogens with zero attached hydrogens (tertiary/aromatic N) is 3. The van der Waals surface area contributed by atoms with Crippen molar-refractivity contribution in [1.82, 2.24) is 0 Å². The Balaban J connectivity index is 1.82. The first-order valence-electron chi connectivity index (χ1n) is 8.79. The Morgan fingerprint density at radius 1 is 0.900 bits per heavy atom. The molecule has 8 nitrogen and oxygen atoms in total. The third-order valence-corrected chi connectivity index (χ3v) is 4.27. The van der Waals surface area contributed by atoms with E-state index in [-0.39, 0.29) is 18.0 Å². The van der Waals surface area contributed by atoms with Gasteiger partial charge in [-0.1, -0.05) is 18.2 Å². The van der Waals surface area contributed by atoms with Crippen molar-refractivity contribution in [1.29, 1.82) is 5.26 Å². The van der Waals surface area contributed by atoms with Crippen molar-refractivity contribution in [3.8, 4) is 11.8 Å². The highest BCUT2D eigenvalue weighted by atomic mass is 16.6. The van der Waals surface area contributed by atoms with Crippen molar-refractivity contribution in [2.75, 3.05) is 0 Å². The number of hydrogen-bond acceptors (Lipinski definition) is 6. The molecule has 0 aliphatic heterocycles. The molecule has 0 radical (unpaired) electrons. The molecule has 0 aliphatic carbocycles. The van der Waals surface area contributed by atoms with E-state index in [4.69, 9.17) is 4.74 Å². The molecule has 0 aromatic heterocycles. The van der Waals surface area contributed by atoms with Gasteiger partial charge in [0.1, 0.15) is 12.4 Å². The van der Waals surface area contributed by atoms with Gasteiger partial charge in [0.05, 0.1) is 21.5 Å². The summed E-state index contributed by atoms with van der Waals surface area (Å²) < 4.78 is 5.84. The van der Waals surface area contributed by atoms with Gasteiger partial charge in [0, 0.05) is 29.8 Å². The summed E-state index contributed by atoms with van der Waals surface area (Å²) in [6, 6.07) is 21.0. The number of hydrogen-bond donors (Lipinski definition) is 0. The lowest BCUT2D eigenvalue weighted by atomic mass is 10.0. The van der Waals surface area contributed by atoms with Gasteiger partial charge in [-0.15, -0.1) is 0 Å². The van der Waals surface area contributed by atoms with Gasteiger partial charge in [0.15, 0.2) is 0 Å². The molecule has 30 heavy (non-hydrogen) atoms. The van der Waals surface area contributed by atoms with E-state index in [2.05, 4.69) is 6.07 Å². The third kappa shape index (κ3) is 4.85. The van der Waals surface area contributed by atoms with Gasteiger partial charge in [-0.2, -0.15) is 5.26 Å². The predicted octanol–water partition coefficient (Wildman–Crippen LogP) is 5.15. The monoisotopic (exact) mass is 401 g/mol. The highest BCUT2D eigenvalue weighted by molar-refractivity contribution is 5.90. The fourth-order valence-electron chi connectivity index (χ4n) is 2.70. The average Bonchev–Trinajstić information content (AvgIpc) is 2.77. The van der Waals surface area contributed by atoms with E-state index in [9.17, 15) is 25.5 Å². The number of non-ortho nitro benzene ring substituents is 2. The number of nitro groups is 2. The zero-order valence-electron chi connectivity index (χ0n) is 15.6. The first-order valence-corrected chi connectivity index (χ1v) is 8.79. The second-order valence-corrected chi connectivity index (χ2v) is 6.22. The molecule has 0 aliphatic rings. The summed E-state index contributed by atoms with van der Waals surface area (Å²) in [7, 11) is 0. The second-order valence-electron chi connectivity index (χ2n) is 6.22. The van der Waals surface area contributed by atoms with Crippen LogP contribution in [0.5, 0.6) is 5.75 Å². The van der Waals surface area contributed by atoms with E-state index < -0.39 is 9.85 Å². The predicted molar refractivity (Wildman–Crippen MR) is 110 cm³/mol. The molecule has 3 aromatic rings. The lowest BCUT2D eigenvalue weighted by molar-refractivity contribution is -0.385. The van der Waals surface area contributed by atoms with Crippen molar-refractivity contribution in [2.45, 2.75) is 6.61 Å². The molecular formula is C22H15N3O5. The number of ether oxygens (including phenoxy) is 1. The van der Waals surface area contributed by atoms with E-state index in [1.165, 1.54) is 36.4 Å². The van der Waals surface area contributed by atoms with Crippen molar-refractivity contribution in [2.24, 2.45) is 0 Å². The quantitative estimate of drug-likeness (QED) is 0.234. The highest BCUT2D eigenvalue weighted by Gasteiger charge is 2.09. The average molecular weight is 401 g/mol. The van der Waals surface area contributed by atoms with Gasteiger partial charge in [0.25, 0.3) is 11.4 Å². The number of nitro benzene ring substituents is 2. The Morgan fingerprint density at radius 2 is 1.47 bits per heavy atom. The molecule has 0 heterocycles. The van der Waals surface area contributed by atoms with Crippen LogP contribution in [0.3, 0.4) is 0 Å². The molecule has 0 fully saturated rings. The van der Waals surface area contributed by atoms with Crippen LogP contribution in [0.25, 0.3) is 11.6 Å². The van der Waals surface area contributed by atoms with Crippen LogP contribution in [0.15, 0.2) is 72.8 Å². The summed E-state index contributed by atoms with van der Waals surface area (Å²) in [5.41, 5.74) is 2.25. The Bertz CT molecular complexity index is 1150. The zero-order valence-corrected chi connectivity index (χ0v) is 15.6. The number of allylic oxidation sites excluding steroid dienone is 1. The molecule has 0 bridgehead atoms. The van der Waals surface area contributed by atoms with Gasteiger partial charge in [-0.25, -0.2) is 0 Å². The van der Waals surface area contributed by atoms with Crippen LogP contribution in [-0.4, -0.2) is 9.85 Å². The van der Waals surface area contributed by atoms with Gasteiger partial charge in [0.2, 0.25) is 0 Å². The summed E-state index contributed by atoms with van der Waals surface area (Å²) in [5, 5.41) is 31.1. The van der Waals surface area contributed by atoms with Crippen LogP contribution in [0.1, 0.15) is 16.7 Å². The third-order valence-electron chi connectivity index (χ3n) is 4.27. The molecule has 3 rings (SSSR count). The number of nitriles is 1. The van der Waals surface area contributed by atoms with Gasteiger partial charge in [-0.05, 0) is 47.5 Å². The maximum absolute atomic E-state index is 10.8. The SMILES string of the molecule is N#C/C(=C/c1ccccc1OCc1ccc([N+](=O)[O-])cc1)c1ccc([N+](=O)[O-])cc1. The van der Waals surface area contributed by atoms with Crippen molar-refractivity contribution in [3.05, 3.63) is 110 Å². The number of rotatable bonds is 7. The zero-order chi connectivity index (χ0) is 21.5. The molecule has 0 atom stereocenters. The lowest BCUT2D eigenvalue weighted by Gasteiger charge is -2.10. The minimum atomic E-state index is -0.499. The van der Waals surface area contributed by atoms with Crippen LogP contribution in [0, 0.1) is 31.6 Å². The Morgan fingerprint density at radius 3 is 2.03 bits per heavy atom. The number of para-hydroxylation sites is 1. The highest BCUT2D eigenvalue weighted by Crippen LogP contribution is 2.26. The molecule has 0 N–H and O–H groups in total. The fourth-order valence-corrected chi connectivity index (χ4v) is 2.70. The maximum atomic E-state index is 10.8. The molecule has 148 valence electrons. The molecular weight excluding hydrogens is 386 g/mol. The van der Waals surface area contributed by atoms with Crippen molar-refractivity contribution < 1.29 is 14.6 Å². The van der Waals surface area contributed by atoms with E-state index >= 15 is 0 Å². The molecule has 0 amide bonds. The van der Waals surface area contributed by atoms with E-state index in [1.807, 2.05) is 0 Å². The summed E-state index contributed by atoms with van der Waals surface area (Å²) in [4.78, 5) is 20.6.